The van der Waals surface area contributed by atoms with Gasteiger partial charge in [0.1, 0.15) is 11.6 Å². The summed E-state index contributed by atoms with van der Waals surface area (Å²) >= 11 is 0. The summed E-state index contributed by atoms with van der Waals surface area (Å²) in [5.74, 6) is -0.453. The molecule has 6 heteroatoms. The molecule has 3 rings (SSSR count). The zero-order valence-electron chi connectivity index (χ0n) is 13.3. The van der Waals surface area contributed by atoms with Gasteiger partial charge in [0.25, 0.3) is 5.91 Å². The molecule has 1 aliphatic rings. The van der Waals surface area contributed by atoms with E-state index in [9.17, 15) is 9.18 Å². The first-order valence-electron chi connectivity index (χ1n) is 7.53. The number of ether oxygens (including phenoxy) is 1. The van der Waals surface area contributed by atoms with Crippen molar-refractivity contribution in [2.45, 2.75) is 12.0 Å². The highest BCUT2D eigenvalue weighted by molar-refractivity contribution is 5.95. The lowest BCUT2D eigenvalue weighted by Gasteiger charge is -2.17. The number of nitrogens with two attached hydrogens (primary N) is 1. The molecule has 2 aromatic rings. The molecule has 1 aliphatic heterocycles. The van der Waals surface area contributed by atoms with Gasteiger partial charge in [0.2, 0.25) is 0 Å². The highest BCUT2D eigenvalue weighted by atomic mass is 35.5. The Morgan fingerprint density at radius 2 is 1.92 bits per heavy atom. The number of carbonyl (C=O) groups excluding carboxylic acids is 1. The molecule has 1 fully saturated rings. The van der Waals surface area contributed by atoms with Gasteiger partial charge in [-0.2, -0.15) is 0 Å². The van der Waals surface area contributed by atoms with Crippen molar-refractivity contribution in [1.29, 1.82) is 0 Å². The van der Waals surface area contributed by atoms with Gasteiger partial charge < -0.3 is 15.4 Å². The van der Waals surface area contributed by atoms with Crippen molar-refractivity contribution in [2.75, 3.05) is 20.2 Å². The van der Waals surface area contributed by atoms with E-state index in [1.54, 1.807) is 11.0 Å². The van der Waals surface area contributed by atoms with Gasteiger partial charge in [-0.15, -0.1) is 12.4 Å². The number of amides is 1. The maximum absolute atomic E-state index is 14.1. The fourth-order valence-corrected chi connectivity index (χ4v) is 3.01. The second-order valence-electron chi connectivity index (χ2n) is 5.74. The van der Waals surface area contributed by atoms with E-state index in [0.717, 1.165) is 5.56 Å². The molecule has 2 aromatic carbocycles. The molecule has 0 spiro atoms. The Morgan fingerprint density at radius 3 is 2.54 bits per heavy atom. The van der Waals surface area contributed by atoms with E-state index in [2.05, 4.69) is 0 Å². The van der Waals surface area contributed by atoms with Gasteiger partial charge in [-0.05, 0) is 17.7 Å². The third-order valence-electron chi connectivity index (χ3n) is 4.29. The average Bonchev–Trinajstić information content (AvgIpc) is 2.96. The molecule has 128 valence electrons. The number of hydrogen-bond acceptors (Lipinski definition) is 3. The number of rotatable bonds is 3. The number of nitrogens with zero attached hydrogens (tertiary/aromatic N) is 1. The van der Waals surface area contributed by atoms with E-state index in [1.165, 1.54) is 19.2 Å². The van der Waals surface area contributed by atoms with Crippen molar-refractivity contribution in [3.05, 3.63) is 65.5 Å². The first-order valence-corrected chi connectivity index (χ1v) is 7.53. The quantitative estimate of drug-likeness (QED) is 0.926. The zero-order chi connectivity index (χ0) is 16.4. The molecule has 1 amide bonds. The minimum Gasteiger partial charge on any atom is -0.497 e. The van der Waals surface area contributed by atoms with Gasteiger partial charge >= 0.3 is 0 Å². The summed E-state index contributed by atoms with van der Waals surface area (Å²) in [6.45, 7) is 0.916. The lowest BCUT2D eigenvalue weighted by atomic mass is 9.95. The summed E-state index contributed by atoms with van der Waals surface area (Å²) in [5, 5.41) is 0. The lowest BCUT2D eigenvalue weighted by Crippen LogP contribution is -2.32. The van der Waals surface area contributed by atoms with Crippen LogP contribution in [0.3, 0.4) is 0 Å². The van der Waals surface area contributed by atoms with E-state index in [4.69, 9.17) is 10.5 Å². The predicted molar refractivity (Wildman–Crippen MR) is 93.3 cm³/mol. The van der Waals surface area contributed by atoms with Crippen LogP contribution in [-0.2, 0) is 0 Å². The van der Waals surface area contributed by atoms with Crippen LogP contribution < -0.4 is 10.5 Å². The second kappa shape index (κ2) is 7.64. The number of halogens is 2. The van der Waals surface area contributed by atoms with E-state index in [1.807, 2.05) is 30.3 Å². The molecule has 1 heterocycles. The Morgan fingerprint density at radius 1 is 1.21 bits per heavy atom. The first kappa shape index (κ1) is 18.2. The minimum absolute atomic E-state index is 0. The van der Waals surface area contributed by atoms with Crippen molar-refractivity contribution in [3.8, 4) is 5.75 Å². The predicted octanol–water partition coefficient (Wildman–Crippen LogP) is 2.82. The molecule has 0 saturated carbocycles. The molecular weight excluding hydrogens is 331 g/mol. The number of carbonyl (C=O) groups is 1. The SMILES string of the molecule is COc1ccc(C(=O)N2C[C@@H](N)[C@H](c3ccccc3)C2)c(F)c1.Cl. The fourth-order valence-electron chi connectivity index (χ4n) is 3.01. The van der Waals surface area contributed by atoms with Gasteiger partial charge in [0.15, 0.2) is 0 Å². The standard InChI is InChI=1S/C18H19FN2O2.ClH/c1-23-13-7-8-14(16(19)9-13)18(22)21-10-15(17(20)11-21)12-5-3-2-4-6-12;/h2-9,15,17H,10-11,20H2,1H3;1H/t15-,17+;/m0./s1. The maximum atomic E-state index is 14.1. The molecule has 24 heavy (non-hydrogen) atoms. The topological polar surface area (TPSA) is 55.6 Å². The van der Waals surface area contributed by atoms with Crippen LogP contribution in [0, 0.1) is 5.82 Å². The van der Waals surface area contributed by atoms with E-state index < -0.39 is 5.82 Å². The molecule has 0 radical (unpaired) electrons. The number of methoxy groups -OCH3 is 1. The number of likely N-dealkylation sites (tertiary alicyclic amines) is 1. The minimum atomic E-state index is -0.578. The van der Waals surface area contributed by atoms with E-state index in [0.29, 0.717) is 18.8 Å². The van der Waals surface area contributed by atoms with Gasteiger partial charge in [-0.1, -0.05) is 30.3 Å². The van der Waals surface area contributed by atoms with Crippen LogP contribution in [0.5, 0.6) is 5.75 Å². The average molecular weight is 351 g/mol. The van der Waals surface area contributed by atoms with Crippen molar-refractivity contribution in [2.24, 2.45) is 5.73 Å². The molecule has 2 N–H and O–H groups in total. The van der Waals surface area contributed by atoms with Crippen LogP contribution in [0.2, 0.25) is 0 Å². The number of benzene rings is 2. The van der Waals surface area contributed by atoms with Crippen LogP contribution in [-0.4, -0.2) is 37.0 Å². The molecule has 0 aliphatic carbocycles. The summed E-state index contributed by atoms with van der Waals surface area (Å²) in [5.41, 5.74) is 7.34. The monoisotopic (exact) mass is 350 g/mol. The van der Waals surface area contributed by atoms with Crippen LogP contribution >= 0.6 is 12.4 Å². The lowest BCUT2D eigenvalue weighted by molar-refractivity contribution is 0.0784. The summed E-state index contributed by atoms with van der Waals surface area (Å²) in [7, 11) is 1.46. The third-order valence-corrected chi connectivity index (χ3v) is 4.29. The van der Waals surface area contributed by atoms with Gasteiger partial charge in [0, 0.05) is 31.1 Å². The van der Waals surface area contributed by atoms with Gasteiger partial charge in [-0.25, -0.2) is 4.39 Å². The summed E-state index contributed by atoms with van der Waals surface area (Å²) in [4.78, 5) is 14.2. The van der Waals surface area contributed by atoms with Crippen LogP contribution in [0.15, 0.2) is 48.5 Å². The molecule has 4 nitrogen and oxygen atoms in total. The Balaban J connectivity index is 0.00000208. The highest BCUT2D eigenvalue weighted by Gasteiger charge is 2.34. The molecular formula is C18H20ClFN2O2. The van der Waals surface area contributed by atoms with Crippen molar-refractivity contribution >= 4 is 18.3 Å². The van der Waals surface area contributed by atoms with Gasteiger partial charge in [-0.3, -0.25) is 4.79 Å². The van der Waals surface area contributed by atoms with Crippen LogP contribution in [0.4, 0.5) is 4.39 Å². The smallest absolute Gasteiger partial charge is 0.256 e. The molecule has 2 atom stereocenters. The Kier molecular flexibility index (Phi) is 5.80. The third kappa shape index (κ3) is 3.52. The van der Waals surface area contributed by atoms with Crippen LogP contribution in [0.1, 0.15) is 21.8 Å². The second-order valence-corrected chi connectivity index (χ2v) is 5.74. The molecule has 0 unspecified atom stereocenters. The highest BCUT2D eigenvalue weighted by Crippen LogP contribution is 2.28. The Labute approximate surface area is 146 Å². The first-order chi connectivity index (χ1) is 11.1. The van der Waals surface area contributed by atoms with Crippen molar-refractivity contribution in [1.82, 2.24) is 4.90 Å². The Bertz CT molecular complexity index is 711. The largest absolute Gasteiger partial charge is 0.497 e. The normalized spacial score (nSPS) is 19.7. The Hall–Kier alpha value is -2.11. The van der Waals surface area contributed by atoms with E-state index >= 15 is 0 Å². The van der Waals surface area contributed by atoms with Crippen molar-refractivity contribution < 1.29 is 13.9 Å². The summed E-state index contributed by atoms with van der Waals surface area (Å²) in [6, 6.07) is 14.0. The van der Waals surface area contributed by atoms with Crippen LogP contribution in [0.25, 0.3) is 0 Å². The molecule has 1 saturated heterocycles. The van der Waals surface area contributed by atoms with Crippen molar-refractivity contribution in [3.63, 3.8) is 0 Å². The van der Waals surface area contributed by atoms with Gasteiger partial charge in [0.05, 0.1) is 12.7 Å². The number of hydrogen-bond donors (Lipinski definition) is 1. The molecule has 0 bridgehead atoms. The fraction of sp³-hybridized carbons (Fsp3) is 0.278. The summed E-state index contributed by atoms with van der Waals surface area (Å²) in [6.07, 6.45) is 0. The summed E-state index contributed by atoms with van der Waals surface area (Å²) < 4.78 is 19.1. The maximum Gasteiger partial charge on any atom is 0.256 e. The van der Waals surface area contributed by atoms with E-state index in [-0.39, 0.29) is 35.8 Å². The molecule has 0 aromatic heterocycles. The zero-order valence-corrected chi connectivity index (χ0v) is 14.1.